The molecule has 3 N–H and O–H groups in total. The van der Waals surface area contributed by atoms with E-state index < -0.39 is 0 Å². The minimum absolute atomic E-state index is 0.128. The minimum atomic E-state index is -0.128. The van der Waals surface area contributed by atoms with Crippen LogP contribution in [0.4, 0.5) is 0 Å². The number of rotatable bonds is 3. The molecule has 0 radical (unpaired) electrons. The molecule has 1 aromatic rings. The van der Waals surface area contributed by atoms with E-state index in [4.69, 9.17) is 0 Å². The number of aliphatic hydroxyl groups excluding tert-OH is 1. The average molecular weight is 379 g/mol. The van der Waals surface area contributed by atoms with Crippen LogP contribution >= 0.6 is 31.9 Å². The van der Waals surface area contributed by atoms with Gasteiger partial charge in [-0.1, -0.05) is 15.9 Å². The van der Waals surface area contributed by atoms with Crippen LogP contribution in [0.15, 0.2) is 21.1 Å². The summed E-state index contributed by atoms with van der Waals surface area (Å²) >= 11 is 6.75. The van der Waals surface area contributed by atoms with Crippen molar-refractivity contribution in [2.45, 2.75) is 44.4 Å². The van der Waals surface area contributed by atoms with Crippen LogP contribution in [0.1, 0.15) is 31.2 Å². The van der Waals surface area contributed by atoms with Gasteiger partial charge in [-0.2, -0.15) is 0 Å². The lowest BCUT2D eigenvalue weighted by Gasteiger charge is -2.26. The van der Waals surface area contributed by atoms with E-state index >= 15 is 0 Å². The van der Waals surface area contributed by atoms with Gasteiger partial charge in [0.05, 0.1) is 10.6 Å². The van der Waals surface area contributed by atoms with E-state index in [0.717, 1.165) is 35.7 Å². The molecule has 2 rings (SSSR count). The molecule has 0 aliphatic heterocycles. The molecule has 100 valence electrons. The molecule has 0 amide bonds. The van der Waals surface area contributed by atoms with E-state index in [1.807, 2.05) is 12.1 Å². The topological polar surface area (TPSA) is 52.5 Å². The number of hydrogen-bond donors (Lipinski definition) is 3. The molecule has 0 spiro atoms. The van der Waals surface area contributed by atoms with E-state index in [1.165, 1.54) is 0 Å². The third-order valence-electron chi connectivity index (χ3n) is 3.39. The highest BCUT2D eigenvalue weighted by Gasteiger charge is 2.19. The average Bonchev–Trinajstić information content (AvgIpc) is 2.34. The predicted octanol–water partition coefficient (Wildman–Crippen LogP) is 3.31. The maximum Gasteiger partial charge on any atom is 0.134 e. The van der Waals surface area contributed by atoms with Crippen LogP contribution in [-0.2, 0) is 6.54 Å². The van der Waals surface area contributed by atoms with Gasteiger partial charge in [0.25, 0.3) is 0 Å². The first-order chi connectivity index (χ1) is 8.56. The van der Waals surface area contributed by atoms with Gasteiger partial charge >= 0.3 is 0 Å². The number of phenolic OH excluding ortho intramolecular Hbond substituents is 1. The Hall–Kier alpha value is -0.100. The summed E-state index contributed by atoms with van der Waals surface area (Å²) in [5.74, 6) is 0.293. The second-order valence-corrected chi connectivity index (χ2v) is 6.55. The first-order valence-electron chi connectivity index (χ1n) is 6.14. The molecular formula is C13H17Br2NO2. The molecule has 5 heteroatoms. The van der Waals surface area contributed by atoms with Gasteiger partial charge in [-0.3, -0.25) is 0 Å². The van der Waals surface area contributed by atoms with Gasteiger partial charge in [-0.25, -0.2) is 0 Å². The molecule has 0 aromatic heterocycles. The standard InChI is InChI=1S/C13H17Br2NO2/c14-9-5-8(13(18)12(15)6-9)7-16-10-1-3-11(17)4-2-10/h5-6,10-11,16-18H,1-4,7H2/t10-,11-. The number of phenols is 1. The van der Waals surface area contributed by atoms with Crippen molar-refractivity contribution in [2.24, 2.45) is 0 Å². The van der Waals surface area contributed by atoms with Crippen molar-refractivity contribution in [1.29, 1.82) is 0 Å². The van der Waals surface area contributed by atoms with Gasteiger partial charge in [0.1, 0.15) is 5.75 Å². The largest absolute Gasteiger partial charge is 0.506 e. The summed E-state index contributed by atoms with van der Waals surface area (Å²) in [5, 5.41) is 22.8. The summed E-state index contributed by atoms with van der Waals surface area (Å²) in [5.41, 5.74) is 0.877. The molecule has 0 unspecified atom stereocenters. The maximum atomic E-state index is 9.95. The predicted molar refractivity (Wildman–Crippen MR) is 78.6 cm³/mol. The number of benzene rings is 1. The first kappa shape index (κ1) is 14.3. The first-order valence-corrected chi connectivity index (χ1v) is 7.73. The van der Waals surface area contributed by atoms with Gasteiger partial charge in [-0.15, -0.1) is 0 Å². The van der Waals surface area contributed by atoms with Crippen molar-refractivity contribution in [2.75, 3.05) is 0 Å². The Bertz CT molecular complexity index is 418. The molecule has 1 saturated carbocycles. The number of hydrogen-bond acceptors (Lipinski definition) is 3. The molecule has 1 aromatic carbocycles. The van der Waals surface area contributed by atoms with E-state index in [1.54, 1.807) is 0 Å². The lowest BCUT2D eigenvalue weighted by atomic mass is 9.93. The summed E-state index contributed by atoms with van der Waals surface area (Å²) in [6.07, 6.45) is 3.60. The van der Waals surface area contributed by atoms with Gasteiger partial charge in [0.2, 0.25) is 0 Å². The Morgan fingerprint density at radius 2 is 1.83 bits per heavy atom. The summed E-state index contributed by atoms with van der Waals surface area (Å²) < 4.78 is 1.65. The zero-order valence-corrected chi connectivity index (χ0v) is 13.2. The molecular weight excluding hydrogens is 362 g/mol. The van der Waals surface area contributed by atoms with Gasteiger partial charge < -0.3 is 15.5 Å². The number of halogens is 2. The Morgan fingerprint density at radius 1 is 1.17 bits per heavy atom. The lowest BCUT2D eigenvalue weighted by molar-refractivity contribution is 0.116. The van der Waals surface area contributed by atoms with Crippen molar-refractivity contribution >= 4 is 31.9 Å². The van der Waals surface area contributed by atoms with E-state index in [2.05, 4.69) is 37.2 Å². The van der Waals surface area contributed by atoms with Crippen molar-refractivity contribution in [1.82, 2.24) is 5.32 Å². The normalized spacial score (nSPS) is 24.2. The zero-order chi connectivity index (χ0) is 13.1. The fraction of sp³-hybridized carbons (Fsp3) is 0.538. The van der Waals surface area contributed by atoms with E-state index in [0.29, 0.717) is 22.8 Å². The molecule has 0 saturated heterocycles. The molecule has 0 bridgehead atoms. The van der Waals surface area contributed by atoms with Crippen molar-refractivity contribution < 1.29 is 10.2 Å². The van der Waals surface area contributed by atoms with Gasteiger partial charge in [0, 0.05) is 22.6 Å². The SMILES string of the molecule is Oc1c(Br)cc(Br)cc1CN[C@H]1CC[C@H](O)CC1. The van der Waals surface area contributed by atoms with Crippen molar-refractivity contribution in [3.05, 3.63) is 26.6 Å². The fourth-order valence-corrected chi connectivity index (χ4v) is 3.60. The molecule has 1 fully saturated rings. The molecule has 1 aliphatic carbocycles. The Morgan fingerprint density at radius 3 is 2.50 bits per heavy atom. The smallest absolute Gasteiger partial charge is 0.134 e. The van der Waals surface area contributed by atoms with E-state index in [-0.39, 0.29) is 6.10 Å². The second kappa shape index (κ2) is 6.37. The quantitative estimate of drug-likeness (QED) is 0.756. The molecule has 18 heavy (non-hydrogen) atoms. The molecule has 1 aliphatic rings. The van der Waals surface area contributed by atoms with Crippen molar-refractivity contribution in [3.8, 4) is 5.75 Å². The van der Waals surface area contributed by atoms with E-state index in [9.17, 15) is 10.2 Å². The Kier molecular flexibility index (Phi) is 5.06. The van der Waals surface area contributed by atoms with Crippen LogP contribution in [0, 0.1) is 0 Å². The summed E-state index contributed by atoms with van der Waals surface area (Å²) in [4.78, 5) is 0. The highest BCUT2D eigenvalue weighted by Crippen LogP contribution is 2.31. The van der Waals surface area contributed by atoms with Crippen LogP contribution in [0.2, 0.25) is 0 Å². The number of aliphatic hydroxyl groups is 1. The second-order valence-electron chi connectivity index (χ2n) is 4.78. The molecule has 0 heterocycles. The van der Waals surface area contributed by atoms with Crippen LogP contribution in [0.25, 0.3) is 0 Å². The van der Waals surface area contributed by atoms with Crippen LogP contribution in [0.5, 0.6) is 5.75 Å². The van der Waals surface area contributed by atoms with Crippen molar-refractivity contribution in [3.63, 3.8) is 0 Å². The third kappa shape index (κ3) is 3.70. The maximum absolute atomic E-state index is 9.95. The van der Waals surface area contributed by atoms with Crippen LogP contribution in [0.3, 0.4) is 0 Å². The van der Waals surface area contributed by atoms with Crippen LogP contribution < -0.4 is 5.32 Å². The summed E-state index contributed by atoms with van der Waals surface area (Å²) in [6.45, 7) is 0.643. The molecule has 3 nitrogen and oxygen atoms in total. The minimum Gasteiger partial charge on any atom is -0.506 e. The monoisotopic (exact) mass is 377 g/mol. The summed E-state index contributed by atoms with van der Waals surface area (Å²) in [6, 6.07) is 4.19. The third-order valence-corrected chi connectivity index (χ3v) is 4.45. The zero-order valence-electron chi connectivity index (χ0n) is 10.00. The van der Waals surface area contributed by atoms with Gasteiger partial charge in [0.15, 0.2) is 0 Å². The Balaban J connectivity index is 1.94. The Labute approximate surface area is 124 Å². The summed E-state index contributed by atoms with van der Waals surface area (Å²) in [7, 11) is 0. The fourth-order valence-electron chi connectivity index (χ4n) is 2.29. The van der Waals surface area contributed by atoms with Gasteiger partial charge in [-0.05, 0) is 53.7 Å². The molecule has 0 atom stereocenters. The van der Waals surface area contributed by atoms with Crippen LogP contribution in [-0.4, -0.2) is 22.4 Å². The highest BCUT2D eigenvalue weighted by molar-refractivity contribution is 9.11. The number of nitrogens with one attached hydrogen (secondary N) is 1. The lowest BCUT2D eigenvalue weighted by Crippen LogP contribution is -2.34. The highest BCUT2D eigenvalue weighted by atomic mass is 79.9. The number of aromatic hydroxyl groups is 1.